The van der Waals surface area contributed by atoms with Crippen molar-refractivity contribution in [3.05, 3.63) is 0 Å². The Kier molecular flexibility index (Phi) is 35.8. The summed E-state index contributed by atoms with van der Waals surface area (Å²) in [5.74, 6) is -0.227. The summed E-state index contributed by atoms with van der Waals surface area (Å²) >= 11 is 0. The van der Waals surface area contributed by atoms with E-state index in [9.17, 15) is 14.7 Å². The van der Waals surface area contributed by atoms with Crippen molar-refractivity contribution >= 4 is 11.8 Å². The number of ketones is 1. The monoisotopic (exact) mass is 623 g/mol. The Morgan fingerprint density at radius 3 is 0.932 bits per heavy atom. The first-order chi connectivity index (χ1) is 21.6. The van der Waals surface area contributed by atoms with Crippen molar-refractivity contribution in [3.63, 3.8) is 0 Å². The molecule has 0 fully saturated rings. The van der Waals surface area contributed by atoms with Crippen LogP contribution < -0.4 is 0 Å². The van der Waals surface area contributed by atoms with Crippen molar-refractivity contribution in [2.24, 2.45) is 0 Å². The lowest BCUT2D eigenvalue weighted by atomic mass is 10.0. The van der Waals surface area contributed by atoms with Crippen molar-refractivity contribution in [3.8, 4) is 0 Å². The fourth-order valence-corrected chi connectivity index (χ4v) is 6.44. The normalized spacial score (nSPS) is 12.1. The standard InChI is InChI=1S/C40H78O4/c1-2-3-4-5-6-7-8-9-10-11-13-18-23-28-33-38(41)35-30-25-20-16-17-21-26-31-36-39(42)34-29-24-19-14-12-15-22-27-32-37-40(43)44/h38,41H,2-37H2,1H3,(H,43,44)/t38-/m1/s1. The predicted octanol–water partition coefficient (Wildman–Crippen LogP) is 13.1. The van der Waals surface area contributed by atoms with Crippen molar-refractivity contribution in [1.29, 1.82) is 0 Å². The van der Waals surface area contributed by atoms with Crippen molar-refractivity contribution in [2.45, 2.75) is 244 Å². The average Bonchev–Trinajstić information content (AvgIpc) is 3.00. The number of aliphatic carboxylic acids is 1. The SMILES string of the molecule is CCCCCCCCCCCCCCCC[C@@H](O)CCCCCCCCCCC(=O)CCCCCCCCCCCC(=O)O. The highest BCUT2D eigenvalue weighted by Gasteiger charge is 2.05. The number of aliphatic hydroxyl groups excluding tert-OH is 1. The summed E-state index contributed by atoms with van der Waals surface area (Å²) in [5.41, 5.74) is 0. The van der Waals surface area contributed by atoms with E-state index in [2.05, 4.69) is 6.92 Å². The van der Waals surface area contributed by atoms with Crippen LogP contribution in [0.3, 0.4) is 0 Å². The molecular formula is C40H78O4. The lowest BCUT2D eigenvalue weighted by molar-refractivity contribution is -0.137. The van der Waals surface area contributed by atoms with Crippen LogP contribution in [-0.2, 0) is 9.59 Å². The van der Waals surface area contributed by atoms with Gasteiger partial charge in [-0.15, -0.1) is 0 Å². The minimum Gasteiger partial charge on any atom is -0.481 e. The Bertz CT molecular complexity index is 590. The van der Waals surface area contributed by atoms with Gasteiger partial charge in [0.2, 0.25) is 0 Å². The van der Waals surface area contributed by atoms with Crippen LogP contribution in [0.5, 0.6) is 0 Å². The smallest absolute Gasteiger partial charge is 0.303 e. The molecular weight excluding hydrogens is 544 g/mol. The van der Waals surface area contributed by atoms with Gasteiger partial charge in [0, 0.05) is 19.3 Å². The molecule has 0 rings (SSSR count). The van der Waals surface area contributed by atoms with Crippen LogP contribution >= 0.6 is 0 Å². The highest BCUT2D eigenvalue weighted by molar-refractivity contribution is 5.78. The second-order valence-electron chi connectivity index (χ2n) is 14.0. The van der Waals surface area contributed by atoms with Crippen LogP contribution in [0.15, 0.2) is 0 Å². The first-order valence-electron chi connectivity index (χ1n) is 20.0. The molecule has 2 N–H and O–H groups in total. The van der Waals surface area contributed by atoms with E-state index in [0.29, 0.717) is 12.2 Å². The van der Waals surface area contributed by atoms with E-state index in [4.69, 9.17) is 5.11 Å². The Hall–Kier alpha value is -0.900. The highest BCUT2D eigenvalue weighted by Crippen LogP contribution is 2.17. The number of aliphatic hydroxyl groups is 1. The lowest BCUT2D eigenvalue weighted by Gasteiger charge is -2.10. The van der Waals surface area contributed by atoms with E-state index in [1.54, 1.807) is 0 Å². The number of unbranched alkanes of at least 4 members (excludes halogenated alkanes) is 28. The van der Waals surface area contributed by atoms with E-state index < -0.39 is 5.97 Å². The molecule has 4 nitrogen and oxygen atoms in total. The zero-order valence-corrected chi connectivity index (χ0v) is 29.7. The first kappa shape index (κ1) is 43.1. The van der Waals surface area contributed by atoms with Gasteiger partial charge >= 0.3 is 5.97 Å². The summed E-state index contributed by atoms with van der Waals surface area (Å²) in [6.07, 6.45) is 43.1. The van der Waals surface area contributed by atoms with Crippen molar-refractivity contribution in [2.75, 3.05) is 0 Å². The van der Waals surface area contributed by atoms with Crippen molar-refractivity contribution in [1.82, 2.24) is 0 Å². The number of hydrogen-bond acceptors (Lipinski definition) is 3. The summed E-state index contributed by atoms with van der Waals surface area (Å²) in [6, 6.07) is 0. The molecule has 0 heterocycles. The van der Waals surface area contributed by atoms with Crippen molar-refractivity contribution < 1.29 is 19.8 Å². The van der Waals surface area contributed by atoms with Gasteiger partial charge in [-0.3, -0.25) is 9.59 Å². The number of rotatable bonds is 38. The van der Waals surface area contributed by atoms with Gasteiger partial charge in [-0.25, -0.2) is 0 Å². The van der Waals surface area contributed by atoms with E-state index in [1.165, 1.54) is 167 Å². The molecule has 0 aliphatic heterocycles. The van der Waals surface area contributed by atoms with Gasteiger partial charge in [0.1, 0.15) is 5.78 Å². The summed E-state index contributed by atoms with van der Waals surface area (Å²) in [6.45, 7) is 2.29. The summed E-state index contributed by atoms with van der Waals surface area (Å²) in [4.78, 5) is 22.6. The molecule has 0 aliphatic carbocycles. The third-order valence-corrected chi connectivity index (χ3v) is 9.48. The van der Waals surface area contributed by atoms with E-state index in [1.807, 2.05) is 0 Å². The van der Waals surface area contributed by atoms with Gasteiger partial charge in [0.25, 0.3) is 0 Å². The second kappa shape index (κ2) is 36.6. The first-order valence-corrected chi connectivity index (χ1v) is 20.0. The minimum absolute atomic E-state index is 0.0852. The van der Waals surface area contributed by atoms with Gasteiger partial charge in [0.05, 0.1) is 6.10 Å². The predicted molar refractivity (Wildman–Crippen MR) is 191 cm³/mol. The number of Topliss-reactive ketones (excluding diaryl/α,β-unsaturated/α-hetero) is 1. The molecule has 0 aromatic heterocycles. The van der Waals surface area contributed by atoms with Crippen LogP contribution in [0, 0.1) is 0 Å². The minimum atomic E-state index is -0.682. The molecule has 1 atom stereocenters. The van der Waals surface area contributed by atoms with E-state index >= 15 is 0 Å². The number of hydrogen-bond donors (Lipinski definition) is 2. The van der Waals surface area contributed by atoms with Crippen LogP contribution in [0.2, 0.25) is 0 Å². The van der Waals surface area contributed by atoms with Gasteiger partial charge < -0.3 is 10.2 Å². The van der Waals surface area contributed by atoms with E-state index in [-0.39, 0.29) is 6.10 Å². The van der Waals surface area contributed by atoms with Gasteiger partial charge in [-0.2, -0.15) is 0 Å². The molecule has 0 spiro atoms. The third-order valence-electron chi connectivity index (χ3n) is 9.48. The number of carbonyl (C=O) groups is 2. The Morgan fingerprint density at radius 2 is 0.636 bits per heavy atom. The summed E-state index contributed by atoms with van der Waals surface area (Å²) in [7, 11) is 0. The Balaban J connectivity index is 3.24. The quantitative estimate of drug-likeness (QED) is 0.0672. The molecule has 0 radical (unpaired) electrons. The molecule has 0 bridgehead atoms. The Labute approximate surface area is 275 Å². The molecule has 262 valence electrons. The number of carbonyl (C=O) groups excluding carboxylic acids is 1. The lowest BCUT2D eigenvalue weighted by Crippen LogP contribution is -2.05. The zero-order valence-electron chi connectivity index (χ0n) is 29.7. The molecule has 0 saturated heterocycles. The van der Waals surface area contributed by atoms with Gasteiger partial charge in [0.15, 0.2) is 0 Å². The summed E-state index contributed by atoms with van der Waals surface area (Å²) in [5, 5.41) is 18.9. The maximum atomic E-state index is 12.1. The third kappa shape index (κ3) is 37.3. The van der Waals surface area contributed by atoms with Crippen LogP contribution in [0.25, 0.3) is 0 Å². The second-order valence-corrected chi connectivity index (χ2v) is 14.0. The fraction of sp³-hybridized carbons (Fsp3) is 0.950. The maximum Gasteiger partial charge on any atom is 0.303 e. The van der Waals surface area contributed by atoms with Crippen LogP contribution in [0.4, 0.5) is 0 Å². The fourth-order valence-electron chi connectivity index (χ4n) is 6.44. The topological polar surface area (TPSA) is 74.6 Å². The molecule has 4 heteroatoms. The molecule has 0 unspecified atom stereocenters. The zero-order chi connectivity index (χ0) is 32.2. The van der Waals surface area contributed by atoms with Gasteiger partial charge in [-0.05, 0) is 32.1 Å². The summed E-state index contributed by atoms with van der Waals surface area (Å²) < 4.78 is 0. The maximum absolute atomic E-state index is 12.1. The molecule has 44 heavy (non-hydrogen) atoms. The van der Waals surface area contributed by atoms with Gasteiger partial charge in [-0.1, -0.05) is 187 Å². The molecule has 0 amide bonds. The van der Waals surface area contributed by atoms with E-state index in [0.717, 1.165) is 57.8 Å². The highest BCUT2D eigenvalue weighted by atomic mass is 16.4. The molecule has 0 aromatic rings. The number of carboxylic acids is 1. The largest absolute Gasteiger partial charge is 0.481 e. The van der Waals surface area contributed by atoms with Crippen LogP contribution in [-0.4, -0.2) is 28.1 Å². The molecule has 0 aromatic carbocycles. The molecule has 0 saturated carbocycles. The number of carboxylic acid groups (broad SMARTS) is 1. The Morgan fingerprint density at radius 1 is 0.386 bits per heavy atom. The average molecular weight is 623 g/mol. The molecule has 0 aliphatic rings. The van der Waals surface area contributed by atoms with Crippen LogP contribution in [0.1, 0.15) is 238 Å².